The molecular formula is C58H38N4O. The van der Waals surface area contributed by atoms with Crippen LogP contribution in [0.25, 0.3) is 113 Å². The molecule has 0 aliphatic heterocycles. The first-order valence-corrected chi connectivity index (χ1v) is 21.3. The van der Waals surface area contributed by atoms with E-state index in [4.69, 9.17) is 19.4 Å². The third kappa shape index (κ3) is 6.55. The van der Waals surface area contributed by atoms with Crippen molar-refractivity contribution in [3.8, 4) is 62.1 Å². The molecular weight excluding hydrogens is 769 g/mol. The van der Waals surface area contributed by atoms with Gasteiger partial charge in [0.05, 0.1) is 11.0 Å². The van der Waals surface area contributed by atoms with Gasteiger partial charge in [0.25, 0.3) is 0 Å². The molecule has 3 heterocycles. The van der Waals surface area contributed by atoms with E-state index >= 15 is 0 Å². The maximum absolute atomic E-state index is 6.82. The van der Waals surface area contributed by atoms with Crippen LogP contribution in [0.15, 0.2) is 211 Å². The van der Waals surface area contributed by atoms with E-state index < -0.39 is 0 Å². The van der Waals surface area contributed by atoms with Gasteiger partial charge in [0.15, 0.2) is 17.5 Å². The summed E-state index contributed by atoms with van der Waals surface area (Å²) in [5.41, 5.74) is 15.1. The lowest BCUT2D eigenvalue weighted by Crippen LogP contribution is -2.18. The van der Waals surface area contributed by atoms with Gasteiger partial charge in [0.1, 0.15) is 11.0 Å². The molecule has 63 heavy (non-hydrogen) atoms. The van der Waals surface area contributed by atoms with E-state index in [9.17, 15) is 0 Å². The van der Waals surface area contributed by atoms with Crippen LogP contribution in [0.3, 0.4) is 0 Å². The zero-order valence-electron chi connectivity index (χ0n) is 34.2. The monoisotopic (exact) mass is 806 g/mol. The summed E-state index contributed by atoms with van der Waals surface area (Å²) in [5, 5.41) is 4.62. The Bertz CT molecular complexity index is 3610. The van der Waals surface area contributed by atoms with Gasteiger partial charge < -0.3 is 8.98 Å². The molecule has 0 unspecified atom stereocenters. The molecule has 296 valence electrons. The summed E-state index contributed by atoms with van der Waals surface area (Å²) < 4.78 is 9.19. The van der Waals surface area contributed by atoms with E-state index in [0.29, 0.717) is 17.5 Å². The predicted octanol–water partition coefficient (Wildman–Crippen LogP) is 13.1. The van der Waals surface area contributed by atoms with Crippen molar-refractivity contribution in [2.24, 2.45) is 0 Å². The molecule has 0 fully saturated rings. The van der Waals surface area contributed by atoms with E-state index in [2.05, 4.69) is 162 Å². The van der Waals surface area contributed by atoms with Crippen LogP contribution in [-0.4, -0.2) is 19.5 Å². The highest BCUT2D eigenvalue weighted by Crippen LogP contribution is 2.38. The number of aromatic nitrogens is 4. The van der Waals surface area contributed by atoms with E-state index in [1.54, 1.807) is 0 Å². The highest BCUT2D eigenvalue weighted by atomic mass is 16.3. The summed E-state index contributed by atoms with van der Waals surface area (Å²) in [6.07, 6.45) is 7.39. The fraction of sp³-hybridized carbons (Fsp3) is 0.0172. The number of para-hydroxylation sites is 2. The number of benzene rings is 8. The number of fused-ring (bicyclic) bond motifs is 6. The predicted molar refractivity (Wildman–Crippen MR) is 258 cm³/mol. The Morgan fingerprint density at radius 1 is 0.397 bits per heavy atom. The Labute approximate surface area is 363 Å². The summed E-state index contributed by atoms with van der Waals surface area (Å²) in [5.74, 6) is 1.94. The number of nitrogens with zero attached hydrogens (tertiary/aromatic N) is 4. The van der Waals surface area contributed by atoms with Gasteiger partial charge in [-0.2, -0.15) is 0 Å². The molecule has 1 aliphatic carbocycles. The number of allylic oxidation sites excluding steroid dienone is 2. The first-order valence-electron chi connectivity index (χ1n) is 21.3. The van der Waals surface area contributed by atoms with Gasteiger partial charge in [-0.1, -0.05) is 176 Å². The molecule has 1 aliphatic rings. The lowest BCUT2D eigenvalue weighted by Gasteiger charge is -2.09. The fourth-order valence-corrected chi connectivity index (χ4v) is 9.00. The Hall–Kier alpha value is -8.41. The standard InChI is InChI=1S/C58H38N4O/c1-5-14-38(15-6-1)44-29-33-52-50(36-44)51-37-45(30-34-53(51)62(52)46-20-11-4-12-21-46)47-22-13-23-49-48-32-28-40(31-35-54(48)63-55(47)49)39-24-26-43(27-25-39)58-60-56(41-16-7-2-8-17-41)59-57(61-58)42-18-9-3-10-19-42/h1-30,32-37H,31H2. The first kappa shape index (κ1) is 36.4. The first-order chi connectivity index (χ1) is 31.2. The highest BCUT2D eigenvalue weighted by molar-refractivity contribution is 6.12. The molecule has 0 N–H and O–H groups in total. The molecule has 0 saturated heterocycles. The normalized spacial score (nSPS) is 12.4. The summed E-state index contributed by atoms with van der Waals surface area (Å²) in [6.45, 7) is 0. The number of furan rings is 1. The minimum absolute atomic E-state index is 0.640. The van der Waals surface area contributed by atoms with Crippen LogP contribution in [0.4, 0.5) is 0 Å². The van der Waals surface area contributed by atoms with Crippen molar-refractivity contribution in [2.75, 3.05) is 0 Å². The largest absolute Gasteiger partial charge is 0.456 e. The Kier molecular flexibility index (Phi) is 8.82. The minimum atomic E-state index is 0.640. The van der Waals surface area contributed by atoms with Gasteiger partial charge >= 0.3 is 0 Å². The second kappa shape index (κ2) is 15.2. The van der Waals surface area contributed by atoms with Crippen LogP contribution >= 0.6 is 0 Å². The Morgan fingerprint density at radius 3 is 1.52 bits per heavy atom. The van der Waals surface area contributed by atoms with Gasteiger partial charge in [-0.15, -0.1) is 0 Å². The lowest BCUT2D eigenvalue weighted by molar-refractivity contribution is 0.575. The third-order valence-electron chi connectivity index (χ3n) is 12.2. The quantitative estimate of drug-likeness (QED) is 0.161. The summed E-state index contributed by atoms with van der Waals surface area (Å²) in [4.78, 5) is 14.7. The molecule has 3 aromatic heterocycles. The van der Waals surface area contributed by atoms with Crippen molar-refractivity contribution in [3.05, 3.63) is 222 Å². The van der Waals surface area contributed by atoms with Crippen molar-refractivity contribution < 1.29 is 4.42 Å². The van der Waals surface area contributed by atoms with Crippen LogP contribution in [0.1, 0.15) is 12.0 Å². The van der Waals surface area contributed by atoms with E-state index in [-0.39, 0.29) is 0 Å². The van der Waals surface area contributed by atoms with E-state index in [1.807, 2.05) is 60.7 Å². The van der Waals surface area contributed by atoms with Gasteiger partial charge in [-0.05, 0) is 76.7 Å². The van der Waals surface area contributed by atoms with Crippen LogP contribution in [-0.2, 0) is 0 Å². The summed E-state index contributed by atoms with van der Waals surface area (Å²) in [6, 6.07) is 70.1. The zero-order valence-corrected chi connectivity index (χ0v) is 34.2. The highest BCUT2D eigenvalue weighted by Gasteiger charge is 2.18. The lowest BCUT2D eigenvalue weighted by atomic mass is 9.99. The van der Waals surface area contributed by atoms with Crippen LogP contribution < -0.4 is 10.6 Å². The third-order valence-corrected chi connectivity index (χ3v) is 12.2. The second-order valence-electron chi connectivity index (χ2n) is 15.9. The second-order valence-corrected chi connectivity index (χ2v) is 15.9. The average molecular weight is 807 g/mol. The van der Waals surface area contributed by atoms with Crippen LogP contribution in [0.5, 0.6) is 0 Å². The van der Waals surface area contributed by atoms with Crippen molar-refractivity contribution in [2.45, 2.75) is 6.42 Å². The molecule has 0 radical (unpaired) electrons. The van der Waals surface area contributed by atoms with Gasteiger partial charge in [0.2, 0.25) is 0 Å². The molecule has 0 spiro atoms. The van der Waals surface area contributed by atoms with Gasteiger partial charge in [-0.3, -0.25) is 0 Å². The minimum Gasteiger partial charge on any atom is -0.456 e. The molecule has 5 heteroatoms. The number of rotatable bonds is 7. The SMILES string of the molecule is C1=C(c2ccc(-c3nc(-c4ccccc4)nc(-c4ccccc4)n3)cc2)CC=c2oc3c(-c4ccc5c(c4)c4cc(-c6ccccc6)ccc4n5-c4ccccc4)cccc3c2=C1. The molecule has 5 nitrogen and oxygen atoms in total. The van der Waals surface area contributed by atoms with Crippen LogP contribution in [0.2, 0.25) is 0 Å². The number of hydrogen-bond donors (Lipinski definition) is 0. The van der Waals surface area contributed by atoms with E-state index in [0.717, 1.165) is 67.1 Å². The molecule has 0 bridgehead atoms. The van der Waals surface area contributed by atoms with Gasteiger partial charge in [-0.25, -0.2) is 15.0 Å². The molecule has 11 aromatic rings. The fourth-order valence-electron chi connectivity index (χ4n) is 9.00. The molecule has 12 rings (SSSR count). The van der Waals surface area contributed by atoms with Gasteiger partial charge in [0, 0.05) is 49.3 Å². The maximum Gasteiger partial charge on any atom is 0.164 e. The molecule has 8 aromatic carbocycles. The van der Waals surface area contributed by atoms with E-state index in [1.165, 1.54) is 38.5 Å². The average Bonchev–Trinajstić information content (AvgIpc) is 3.80. The topological polar surface area (TPSA) is 56.7 Å². The summed E-state index contributed by atoms with van der Waals surface area (Å²) in [7, 11) is 0. The summed E-state index contributed by atoms with van der Waals surface area (Å²) >= 11 is 0. The molecule has 0 amide bonds. The van der Waals surface area contributed by atoms with Crippen LogP contribution in [0, 0.1) is 0 Å². The maximum atomic E-state index is 6.82. The van der Waals surface area contributed by atoms with Crippen molar-refractivity contribution in [1.29, 1.82) is 0 Å². The molecule has 0 saturated carbocycles. The zero-order chi connectivity index (χ0) is 41.7. The Morgan fingerprint density at radius 2 is 0.905 bits per heavy atom. The number of hydrogen-bond acceptors (Lipinski definition) is 4. The molecule has 0 atom stereocenters. The van der Waals surface area contributed by atoms with Crippen molar-refractivity contribution in [1.82, 2.24) is 19.5 Å². The van der Waals surface area contributed by atoms with Crippen molar-refractivity contribution in [3.63, 3.8) is 0 Å². The van der Waals surface area contributed by atoms with Crippen molar-refractivity contribution >= 4 is 50.5 Å². The smallest absolute Gasteiger partial charge is 0.164 e. The Balaban J connectivity index is 0.908.